The Morgan fingerprint density at radius 1 is 1.22 bits per heavy atom. The third kappa shape index (κ3) is 1.82. The van der Waals surface area contributed by atoms with Gasteiger partial charge < -0.3 is 4.79 Å². The summed E-state index contributed by atoms with van der Waals surface area (Å²) >= 11 is 0. The maximum absolute atomic E-state index is 10.8. The molecule has 0 saturated carbocycles. The Morgan fingerprint density at radius 2 is 2.06 bits per heavy atom. The minimum Gasteiger partial charge on any atom is -0.300 e. The SMILES string of the molecule is CN1OC(C=O)CC1c1ccc2cccccc1-2. The van der Waals surface area contributed by atoms with E-state index >= 15 is 0 Å². The number of carbonyl (C=O) groups excluding carboxylic acids is 1. The standard InChI is InChI=1S/C15H15NO2/c1-16-15(9-12(10-17)18-16)14-8-7-11-5-3-2-4-6-13(11)14/h2-8,10,12,15H,9H2,1H3. The highest BCUT2D eigenvalue weighted by Crippen LogP contribution is 2.39. The molecule has 0 aromatic heterocycles. The molecular formula is C15H15NO2. The van der Waals surface area contributed by atoms with Crippen LogP contribution in [0.15, 0.2) is 42.5 Å². The fourth-order valence-electron chi connectivity index (χ4n) is 2.63. The quantitative estimate of drug-likeness (QED) is 0.757. The molecule has 0 radical (unpaired) electrons. The predicted molar refractivity (Wildman–Crippen MR) is 69.1 cm³/mol. The summed E-state index contributed by atoms with van der Waals surface area (Å²) in [5, 5.41) is 1.79. The van der Waals surface area contributed by atoms with Crippen molar-refractivity contribution in [3.8, 4) is 11.1 Å². The van der Waals surface area contributed by atoms with E-state index in [1.165, 1.54) is 16.7 Å². The Hall–Kier alpha value is -1.71. The van der Waals surface area contributed by atoms with Gasteiger partial charge in [0.25, 0.3) is 0 Å². The van der Waals surface area contributed by atoms with Crippen LogP contribution in [0.4, 0.5) is 0 Å². The van der Waals surface area contributed by atoms with Gasteiger partial charge in [0, 0.05) is 13.5 Å². The summed E-state index contributed by atoms with van der Waals surface area (Å²) < 4.78 is 0. The molecule has 18 heavy (non-hydrogen) atoms. The molecule has 0 aromatic carbocycles. The van der Waals surface area contributed by atoms with E-state index in [1.54, 1.807) is 5.06 Å². The van der Waals surface area contributed by atoms with Crippen molar-refractivity contribution in [1.82, 2.24) is 5.06 Å². The largest absolute Gasteiger partial charge is 0.300 e. The zero-order chi connectivity index (χ0) is 12.5. The van der Waals surface area contributed by atoms with E-state index in [2.05, 4.69) is 24.3 Å². The highest BCUT2D eigenvalue weighted by molar-refractivity contribution is 5.71. The molecule has 3 nitrogen and oxygen atoms in total. The molecule has 1 fully saturated rings. The van der Waals surface area contributed by atoms with E-state index in [0.29, 0.717) is 0 Å². The Labute approximate surface area is 106 Å². The molecule has 1 aliphatic heterocycles. The number of aldehydes is 1. The summed E-state index contributed by atoms with van der Waals surface area (Å²) in [5.74, 6) is 0. The minimum absolute atomic E-state index is 0.153. The maximum Gasteiger partial charge on any atom is 0.150 e. The Morgan fingerprint density at radius 3 is 2.83 bits per heavy atom. The van der Waals surface area contributed by atoms with E-state index in [1.807, 2.05) is 25.2 Å². The van der Waals surface area contributed by atoms with Gasteiger partial charge in [0.05, 0.1) is 6.04 Å². The first kappa shape index (κ1) is 11.4. The van der Waals surface area contributed by atoms with Gasteiger partial charge in [-0.2, -0.15) is 5.06 Å². The van der Waals surface area contributed by atoms with Crippen LogP contribution in [0, 0.1) is 0 Å². The van der Waals surface area contributed by atoms with Crippen LogP contribution in [0.3, 0.4) is 0 Å². The maximum atomic E-state index is 10.8. The van der Waals surface area contributed by atoms with Gasteiger partial charge in [-0.05, 0) is 16.7 Å². The molecule has 0 bridgehead atoms. The molecule has 2 atom stereocenters. The van der Waals surface area contributed by atoms with Crippen LogP contribution in [0.5, 0.6) is 0 Å². The van der Waals surface area contributed by atoms with E-state index < -0.39 is 0 Å². The van der Waals surface area contributed by atoms with Gasteiger partial charge in [0.1, 0.15) is 6.10 Å². The van der Waals surface area contributed by atoms with Crippen molar-refractivity contribution in [3.63, 3.8) is 0 Å². The summed E-state index contributed by atoms with van der Waals surface area (Å²) in [4.78, 5) is 16.3. The summed E-state index contributed by atoms with van der Waals surface area (Å²) in [6.45, 7) is 0. The number of carbonyl (C=O) groups is 1. The minimum atomic E-state index is -0.317. The highest BCUT2D eigenvalue weighted by Gasteiger charge is 2.33. The smallest absolute Gasteiger partial charge is 0.150 e. The lowest BCUT2D eigenvalue weighted by Gasteiger charge is -2.17. The Bertz CT molecular complexity index is 540. The molecule has 2 unspecified atom stereocenters. The zero-order valence-corrected chi connectivity index (χ0v) is 10.2. The molecule has 2 aliphatic carbocycles. The zero-order valence-electron chi connectivity index (χ0n) is 10.2. The van der Waals surface area contributed by atoms with E-state index in [0.717, 1.165) is 12.7 Å². The third-order valence-corrected chi connectivity index (χ3v) is 3.53. The topological polar surface area (TPSA) is 29.5 Å². The summed E-state index contributed by atoms with van der Waals surface area (Å²) in [7, 11) is 1.88. The van der Waals surface area contributed by atoms with Gasteiger partial charge in [0.15, 0.2) is 6.29 Å². The first-order chi connectivity index (χ1) is 8.79. The number of hydrogen-bond acceptors (Lipinski definition) is 3. The first-order valence-electron chi connectivity index (χ1n) is 6.12. The van der Waals surface area contributed by atoms with Gasteiger partial charge in [-0.1, -0.05) is 42.5 Å². The molecule has 0 spiro atoms. The van der Waals surface area contributed by atoms with Crippen LogP contribution in [-0.4, -0.2) is 24.5 Å². The molecule has 0 N–H and O–H groups in total. The van der Waals surface area contributed by atoms with E-state index in [4.69, 9.17) is 4.84 Å². The lowest BCUT2D eigenvalue weighted by atomic mass is 9.99. The van der Waals surface area contributed by atoms with Crippen molar-refractivity contribution in [2.45, 2.75) is 18.6 Å². The lowest BCUT2D eigenvalue weighted by molar-refractivity contribution is -0.153. The van der Waals surface area contributed by atoms with Gasteiger partial charge in [-0.15, -0.1) is 0 Å². The van der Waals surface area contributed by atoms with Crippen molar-refractivity contribution >= 4 is 6.29 Å². The van der Waals surface area contributed by atoms with Crippen LogP contribution >= 0.6 is 0 Å². The number of fused-ring (bicyclic) bond motifs is 1. The van der Waals surface area contributed by atoms with Crippen molar-refractivity contribution < 1.29 is 9.63 Å². The number of rotatable bonds is 2. The molecule has 0 amide bonds. The van der Waals surface area contributed by atoms with Crippen LogP contribution in [-0.2, 0) is 9.63 Å². The molecule has 3 rings (SSSR count). The fourth-order valence-corrected chi connectivity index (χ4v) is 2.63. The van der Waals surface area contributed by atoms with Gasteiger partial charge in [0.2, 0.25) is 0 Å². The summed E-state index contributed by atoms with van der Waals surface area (Å²) in [6, 6.07) is 14.7. The average Bonchev–Trinajstić information content (AvgIpc) is 2.85. The second-order valence-corrected chi connectivity index (χ2v) is 4.65. The van der Waals surface area contributed by atoms with Crippen LogP contribution in [0.25, 0.3) is 11.1 Å². The Kier molecular flexibility index (Phi) is 2.86. The molecule has 0 aromatic rings. The molecule has 3 heteroatoms. The van der Waals surface area contributed by atoms with E-state index in [9.17, 15) is 4.79 Å². The number of nitrogens with zero attached hydrogens (tertiary/aromatic N) is 1. The predicted octanol–water partition coefficient (Wildman–Crippen LogP) is 2.67. The highest BCUT2D eigenvalue weighted by atomic mass is 16.7. The lowest BCUT2D eigenvalue weighted by Crippen LogP contribution is -2.17. The second kappa shape index (κ2) is 4.52. The molecule has 3 aliphatic rings. The van der Waals surface area contributed by atoms with Gasteiger partial charge in [-0.3, -0.25) is 4.84 Å². The summed E-state index contributed by atoms with van der Waals surface area (Å²) in [5.41, 5.74) is 3.68. The summed E-state index contributed by atoms with van der Waals surface area (Å²) in [6.07, 6.45) is 1.28. The fraction of sp³-hybridized carbons (Fsp3) is 0.267. The average molecular weight is 241 g/mol. The van der Waals surface area contributed by atoms with Crippen molar-refractivity contribution in [3.05, 3.63) is 48.0 Å². The monoisotopic (exact) mass is 241 g/mol. The van der Waals surface area contributed by atoms with Crippen LogP contribution in [0.2, 0.25) is 0 Å². The molecule has 1 heterocycles. The normalized spacial score (nSPS) is 24.5. The van der Waals surface area contributed by atoms with Gasteiger partial charge in [-0.25, -0.2) is 0 Å². The Balaban J connectivity index is 1.99. The van der Waals surface area contributed by atoms with Crippen LogP contribution in [0.1, 0.15) is 18.0 Å². The molecule has 1 saturated heterocycles. The van der Waals surface area contributed by atoms with Crippen molar-refractivity contribution in [2.24, 2.45) is 0 Å². The molecular weight excluding hydrogens is 226 g/mol. The van der Waals surface area contributed by atoms with Gasteiger partial charge >= 0.3 is 0 Å². The van der Waals surface area contributed by atoms with Crippen molar-refractivity contribution in [2.75, 3.05) is 7.05 Å². The first-order valence-corrected chi connectivity index (χ1v) is 6.12. The second-order valence-electron chi connectivity index (χ2n) is 4.65. The van der Waals surface area contributed by atoms with Crippen LogP contribution < -0.4 is 0 Å². The van der Waals surface area contributed by atoms with Crippen molar-refractivity contribution in [1.29, 1.82) is 0 Å². The molecule has 92 valence electrons. The number of hydroxylamine groups is 2. The number of hydrogen-bond donors (Lipinski definition) is 0. The van der Waals surface area contributed by atoms with E-state index in [-0.39, 0.29) is 12.1 Å². The third-order valence-electron chi connectivity index (χ3n) is 3.53.